The van der Waals surface area contributed by atoms with Crippen LogP contribution in [0.15, 0.2) is 41.0 Å². The number of hydrogen-bond donors (Lipinski definition) is 2. The van der Waals surface area contributed by atoms with Gasteiger partial charge in [0.15, 0.2) is 0 Å². The number of nitrogens with one attached hydrogen (secondary N) is 2. The average Bonchev–Trinajstić information content (AvgIpc) is 2.43. The molecule has 0 bridgehead atoms. The third-order valence-electron chi connectivity index (χ3n) is 2.65. The van der Waals surface area contributed by atoms with Crippen molar-refractivity contribution in [3.8, 4) is 0 Å². The second-order valence-corrected chi connectivity index (χ2v) is 4.97. The topological polar surface area (TPSA) is 54.0 Å². The van der Waals surface area contributed by atoms with Gasteiger partial charge in [0.2, 0.25) is 0 Å². The van der Waals surface area contributed by atoms with E-state index in [1.807, 2.05) is 31.2 Å². The smallest absolute Gasteiger partial charge is 0.274 e. The molecule has 0 radical (unpaired) electrons. The second-order valence-electron chi connectivity index (χ2n) is 4.12. The van der Waals surface area contributed by atoms with E-state index in [4.69, 9.17) is 0 Å². The molecule has 4 nitrogen and oxygen atoms in total. The van der Waals surface area contributed by atoms with Crippen molar-refractivity contribution in [2.45, 2.75) is 6.92 Å². The van der Waals surface area contributed by atoms with Crippen LogP contribution in [0.2, 0.25) is 0 Å². The highest BCUT2D eigenvalue weighted by Crippen LogP contribution is 2.23. The molecule has 0 fully saturated rings. The number of anilines is 2. The first-order valence-electron chi connectivity index (χ1n) is 5.81. The molecule has 0 atom stereocenters. The number of halogens is 1. The molecular formula is C14H14BrN3O. The summed E-state index contributed by atoms with van der Waals surface area (Å²) in [5.41, 5.74) is 3.07. The van der Waals surface area contributed by atoms with Gasteiger partial charge in [-0.3, -0.25) is 4.79 Å². The van der Waals surface area contributed by atoms with Crippen LogP contribution in [-0.4, -0.2) is 17.9 Å². The Kier molecular flexibility index (Phi) is 4.16. The lowest BCUT2D eigenvalue weighted by Crippen LogP contribution is -2.14. The lowest BCUT2D eigenvalue weighted by Gasteiger charge is -2.08. The Labute approximate surface area is 120 Å². The van der Waals surface area contributed by atoms with Crippen LogP contribution >= 0.6 is 15.9 Å². The maximum Gasteiger partial charge on any atom is 0.274 e. The van der Waals surface area contributed by atoms with Crippen molar-refractivity contribution >= 4 is 33.2 Å². The summed E-state index contributed by atoms with van der Waals surface area (Å²) < 4.78 is 0.846. The molecule has 1 aromatic carbocycles. The highest BCUT2D eigenvalue weighted by Gasteiger charge is 2.09. The van der Waals surface area contributed by atoms with E-state index in [0.717, 1.165) is 21.4 Å². The number of hydrogen-bond acceptors (Lipinski definition) is 3. The zero-order valence-corrected chi connectivity index (χ0v) is 12.3. The van der Waals surface area contributed by atoms with Crippen LogP contribution in [0.25, 0.3) is 0 Å². The monoisotopic (exact) mass is 319 g/mol. The first-order valence-corrected chi connectivity index (χ1v) is 6.61. The number of benzene rings is 1. The number of carbonyl (C=O) groups excluding carboxylic acids is 1. The molecule has 0 aliphatic heterocycles. The Morgan fingerprint density at radius 1 is 1.26 bits per heavy atom. The standard InChI is InChI=1S/C14H14BrN3O/c1-9-3-5-11(15)13(7-9)18-14(19)12-6-4-10(16-2)8-17-12/h3-8,16H,1-2H3,(H,18,19). The Hall–Kier alpha value is -1.88. The summed E-state index contributed by atoms with van der Waals surface area (Å²) in [4.78, 5) is 16.2. The van der Waals surface area contributed by atoms with Gasteiger partial charge in [-0.15, -0.1) is 0 Å². The minimum absolute atomic E-state index is 0.228. The molecule has 0 aliphatic carbocycles. The SMILES string of the molecule is CNc1ccc(C(=O)Nc2cc(C)ccc2Br)nc1. The predicted octanol–water partition coefficient (Wildman–Crippen LogP) is 3.45. The number of carbonyl (C=O) groups is 1. The Morgan fingerprint density at radius 3 is 2.68 bits per heavy atom. The Bertz CT molecular complexity index is 596. The summed E-state index contributed by atoms with van der Waals surface area (Å²) in [5.74, 6) is -0.228. The van der Waals surface area contributed by atoms with Crippen molar-refractivity contribution in [2.75, 3.05) is 17.7 Å². The van der Waals surface area contributed by atoms with Crippen LogP contribution < -0.4 is 10.6 Å². The largest absolute Gasteiger partial charge is 0.387 e. The van der Waals surface area contributed by atoms with Crippen molar-refractivity contribution in [3.05, 3.63) is 52.3 Å². The summed E-state index contributed by atoms with van der Waals surface area (Å²) in [6.45, 7) is 1.97. The molecule has 0 aliphatic rings. The van der Waals surface area contributed by atoms with E-state index in [1.165, 1.54) is 0 Å². The van der Waals surface area contributed by atoms with Crippen LogP contribution in [0.1, 0.15) is 16.1 Å². The van der Waals surface area contributed by atoms with Gasteiger partial charge in [0.05, 0.1) is 17.6 Å². The maximum atomic E-state index is 12.1. The first-order chi connectivity index (χ1) is 9.10. The lowest BCUT2D eigenvalue weighted by molar-refractivity contribution is 0.102. The van der Waals surface area contributed by atoms with Gasteiger partial charge in [-0.2, -0.15) is 0 Å². The van der Waals surface area contributed by atoms with E-state index >= 15 is 0 Å². The molecule has 19 heavy (non-hydrogen) atoms. The van der Waals surface area contributed by atoms with E-state index < -0.39 is 0 Å². The number of pyridine rings is 1. The number of aryl methyl sites for hydroxylation is 1. The van der Waals surface area contributed by atoms with Gasteiger partial charge >= 0.3 is 0 Å². The molecule has 2 rings (SSSR count). The zero-order chi connectivity index (χ0) is 13.8. The van der Waals surface area contributed by atoms with Gasteiger partial charge in [-0.25, -0.2) is 4.98 Å². The van der Waals surface area contributed by atoms with Gasteiger partial charge in [0.1, 0.15) is 5.69 Å². The van der Waals surface area contributed by atoms with Crippen molar-refractivity contribution < 1.29 is 4.79 Å². The molecule has 0 unspecified atom stereocenters. The van der Waals surface area contributed by atoms with Crippen LogP contribution in [0, 0.1) is 6.92 Å². The highest BCUT2D eigenvalue weighted by atomic mass is 79.9. The molecule has 1 amide bonds. The molecule has 2 N–H and O–H groups in total. The summed E-state index contributed by atoms with van der Waals surface area (Å²) >= 11 is 3.41. The minimum Gasteiger partial charge on any atom is -0.387 e. The quantitative estimate of drug-likeness (QED) is 0.911. The van der Waals surface area contributed by atoms with Gasteiger partial charge in [-0.1, -0.05) is 6.07 Å². The zero-order valence-electron chi connectivity index (χ0n) is 10.7. The molecule has 2 aromatic rings. The van der Waals surface area contributed by atoms with E-state index in [1.54, 1.807) is 19.3 Å². The Balaban J connectivity index is 2.18. The number of rotatable bonds is 3. The molecule has 0 saturated carbocycles. The third-order valence-corrected chi connectivity index (χ3v) is 3.35. The van der Waals surface area contributed by atoms with Crippen molar-refractivity contribution in [1.29, 1.82) is 0 Å². The summed E-state index contributed by atoms with van der Waals surface area (Å²) in [7, 11) is 1.81. The van der Waals surface area contributed by atoms with Crippen molar-refractivity contribution in [3.63, 3.8) is 0 Å². The maximum absolute atomic E-state index is 12.1. The minimum atomic E-state index is -0.228. The molecule has 0 spiro atoms. The van der Waals surface area contributed by atoms with Gasteiger partial charge < -0.3 is 10.6 Å². The molecule has 1 aromatic heterocycles. The third kappa shape index (κ3) is 3.32. The van der Waals surface area contributed by atoms with Crippen LogP contribution in [0.5, 0.6) is 0 Å². The highest BCUT2D eigenvalue weighted by molar-refractivity contribution is 9.10. The molecule has 98 valence electrons. The van der Waals surface area contributed by atoms with Crippen LogP contribution in [-0.2, 0) is 0 Å². The number of aromatic nitrogens is 1. The fraction of sp³-hybridized carbons (Fsp3) is 0.143. The lowest BCUT2D eigenvalue weighted by atomic mass is 10.2. The van der Waals surface area contributed by atoms with Gasteiger partial charge in [0.25, 0.3) is 5.91 Å². The van der Waals surface area contributed by atoms with E-state index in [9.17, 15) is 4.79 Å². The molecular weight excluding hydrogens is 306 g/mol. The van der Waals surface area contributed by atoms with E-state index in [2.05, 4.69) is 31.5 Å². The van der Waals surface area contributed by atoms with Crippen LogP contribution in [0.4, 0.5) is 11.4 Å². The first kappa shape index (κ1) is 13.5. The van der Waals surface area contributed by atoms with E-state index in [0.29, 0.717) is 5.69 Å². The summed E-state index contributed by atoms with van der Waals surface area (Å²) in [6, 6.07) is 9.28. The predicted molar refractivity (Wildman–Crippen MR) is 80.6 cm³/mol. The van der Waals surface area contributed by atoms with Crippen molar-refractivity contribution in [1.82, 2.24) is 4.98 Å². The second kappa shape index (κ2) is 5.84. The average molecular weight is 320 g/mol. The van der Waals surface area contributed by atoms with E-state index in [-0.39, 0.29) is 5.91 Å². The fourth-order valence-electron chi connectivity index (χ4n) is 1.60. The van der Waals surface area contributed by atoms with Crippen LogP contribution in [0.3, 0.4) is 0 Å². The van der Waals surface area contributed by atoms with Crippen molar-refractivity contribution in [2.24, 2.45) is 0 Å². The Morgan fingerprint density at radius 2 is 2.05 bits per heavy atom. The fourth-order valence-corrected chi connectivity index (χ4v) is 1.94. The summed E-state index contributed by atoms with van der Waals surface area (Å²) in [5, 5.41) is 5.79. The number of nitrogens with zero attached hydrogens (tertiary/aromatic N) is 1. The van der Waals surface area contributed by atoms with Gasteiger partial charge in [0, 0.05) is 11.5 Å². The molecule has 0 saturated heterocycles. The molecule has 5 heteroatoms. The van der Waals surface area contributed by atoms with Gasteiger partial charge in [-0.05, 0) is 52.7 Å². The molecule has 1 heterocycles. The normalized spacial score (nSPS) is 10.1. The summed E-state index contributed by atoms with van der Waals surface area (Å²) in [6.07, 6.45) is 1.63. The number of amides is 1.